The van der Waals surface area contributed by atoms with Crippen molar-refractivity contribution >= 4 is 5.78 Å². The Morgan fingerprint density at radius 3 is 2.18 bits per heavy atom. The van der Waals surface area contributed by atoms with Crippen molar-refractivity contribution in [2.45, 2.75) is 31.2 Å². The van der Waals surface area contributed by atoms with Gasteiger partial charge in [-0.1, -0.05) is 6.92 Å². The van der Waals surface area contributed by atoms with E-state index in [1.807, 2.05) is 0 Å². The van der Waals surface area contributed by atoms with Crippen LogP contribution in [0.3, 0.4) is 0 Å². The molecule has 0 spiro atoms. The van der Waals surface area contributed by atoms with E-state index in [4.69, 9.17) is 0 Å². The Morgan fingerprint density at radius 2 is 1.82 bits per heavy atom. The van der Waals surface area contributed by atoms with Crippen LogP contribution in [0.2, 0.25) is 0 Å². The second-order valence-corrected chi connectivity index (χ2v) is 3.56. The predicted octanol–water partition coefficient (Wildman–Crippen LogP) is 2.91. The van der Waals surface area contributed by atoms with Gasteiger partial charge in [0, 0.05) is 6.42 Å². The molecule has 0 saturated heterocycles. The second-order valence-electron chi connectivity index (χ2n) is 3.56. The maximum Gasteiger partial charge on any atom is 0.423 e. The molecule has 0 radical (unpaired) electrons. The molecule has 0 amide bonds. The Hall–Kier alpha value is -1.15. The van der Waals surface area contributed by atoms with E-state index >= 15 is 0 Å². The lowest BCUT2D eigenvalue weighted by atomic mass is 9.79. The molecule has 1 aliphatic heterocycles. The van der Waals surface area contributed by atoms with Crippen molar-refractivity contribution in [3.8, 4) is 0 Å². The number of Topliss-reactive ketones (excluding diaryl/α,β-unsaturated/α-hetero) is 1. The fraction of sp³-hybridized carbons (Fsp3) is 0.875. The van der Waals surface area contributed by atoms with Gasteiger partial charge < -0.3 is 0 Å². The highest BCUT2D eigenvalue weighted by molar-refractivity contribution is 5.90. The lowest BCUT2D eigenvalue weighted by Crippen LogP contribution is -2.58. The molecular weight excluding hydrogens is 254 g/mol. The Kier molecular flexibility index (Phi) is 3.23. The topological polar surface area (TPSA) is 41.8 Å². The van der Waals surface area contributed by atoms with E-state index in [0.717, 1.165) is 6.92 Å². The van der Waals surface area contributed by atoms with Gasteiger partial charge in [-0.05, 0) is 0 Å². The molecule has 0 aliphatic carbocycles. The average molecular weight is 262 g/mol. The minimum absolute atomic E-state index is 0.689. The Balaban J connectivity index is 3.33. The number of nitrogens with zero attached hydrogens (tertiary/aromatic N) is 2. The van der Waals surface area contributed by atoms with E-state index in [2.05, 4.69) is 10.2 Å². The highest BCUT2D eigenvalue weighted by atomic mass is 19.4. The summed E-state index contributed by atoms with van der Waals surface area (Å²) in [6.45, 7) is -0.119. The first kappa shape index (κ1) is 13.9. The van der Waals surface area contributed by atoms with Crippen LogP contribution in [0.15, 0.2) is 10.2 Å². The quantitative estimate of drug-likeness (QED) is 0.705. The zero-order valence-corrected chi connectivity index (χ0v) is 8.56. The third kappa shape index (κ3) is 2.02. The van der Waals surface area contributed by atoms with Gasteiger partial charge in [0.15, 0.2) is 5.78 Å². The first-order valence-corrected chi connectivity index (χ1v) is 4.62. The number of hydrogen-bond donors (Lipinski definition) is 0. The molecule has 1 heterocycles. The minimum Gasteiger partial charge on any atom is -0.296 e. The van der Waals surface area contributed by atoms with Gasteiger partial charge in [-0.2, -0.15) is 36.6 Å². The van der Waals surface area contributed by atoms with Crippen molar-refractivity contribution in [3.63, 3.8) is 0 Å². The fourth-order valence-electron chi connectivity index (χ4n) is 1.71. The molecule has 0 aromatic heterocycles. The second kappa shape index (κ2) is 3.95. The van der Waals surface area contributed by atoms with Crippen LogP contribution in [0, 0.1) is 5.92 Å². The summed E-state index contributed by atoms with van der Waals surface area (Å²) in [5.74, 6) is -4.55. The summed E-state index contributed by atoms with van der Waals surface area (Å²) >= 11 is 0. The zero-order valence-electron chi connectivity index (χ0n) is 8.56. The number of azo groups is 1. The maximum atomic E-state index is 12.8. The molecule has 98 valence electrons. The van der Waals surface area contributed by atoms with Crippen molar-refractivity contribution < 1.29 is 31.1 Å². The van der Waals surface area contributed by atoms with Crippen molar-refractivity contribution in [1.29, 1.82) is 0 Å². The number of carbonyl (C=O) groups excluding carboxylic acids is 1. The van der Waals surface area contributed by atoms with Gasteiger partial charge in [-0.15, -0.1) is 0 Å². The van der Waals surface area contributed by atoms with Gasteiger partial charge in [0.05, 0.1) is 6.54 Å². The van der Waals surface area contributed by atoms with Crippen molar-refractivity contribution in [2.75, 3.05) is 6.54 Å². The predicted molar refractivity (Wildman–Crippen MR) is 43.4 cm³/mol. The Bertz CT molecular complexity index is 347. The van der Waals surface area contributed by atoms with Crippen LogP contribution < -0.4 is 0 Å². The van der Waals surface area contributed by atoms with Crippen LogP contribution in [0.25, 0.3) is 0 Å². The molecule has 9 heteroatoms. The van der Waals surface area contributed by atoms with Gasteiger partial charge >= 0.3 is 12.4 Å². The van der Waals surface area contributed by atoms with E-state index in [0.29, 0.717) is 0 Å². The van der Waals surface area contributed by atoms with Gasteiger partial charge in [0.25, 0.3) is 0 Å². The highest BCUT2D eigenvalue weighted by Crippen LogP contribution is 2.50. The van der Waals surface area contributed by atoms with E-state index in [1.54, 1.807) is 0 Å². The van der Waals surface area contributed by atoms with Crippen molar-refractivity contribution in [3.05, 3.63) is 0 Å². The maximum absolute atomic E-state index is 12.8. The monoisotopic (exact) mass is 262 g/mol. The summed E-state index contributed by atoms with van der Waals surface area (Å²) < 4.78 is 75.8. The van der Waals surface area contributed by atoms with E-state index < -0.39 is 42.6 Å². The Morgan fingerprint density at radius 1 is 1.29 bits per heavy atom. The minimum atomic E-state index is -5.40. The van der Waals surface area contributed by atoms with E-state index in [1.165, 1.54) is 0 Å². The molecule has 0 aromatic rings. The molecule has 0 unspecified atom stereocenters. The summed E-state index contributed by atoms with van der Waals surface area (Å²) in [6, 6.07) is 0. The number of halogens is 6. The molecule has 0 N–H and O–H groups in total. The van der Waals surface area contributed by atoms with Gasteiger partial charge in [-0.3, -0.25) is 4.79 Å². The van der Waals surface area contributed by atoms with Gasteiger partial charge in [0.1, 0.15) is 5.92 Å². The lowest BCUT2D eigenvalue weighted by molar-refractivity contribution is -0.248. The molecular formula is C8H8F6N2O. The summed E-state index contributed by atoms with van der Waals surface area (Å²) in [4.78, 5) is 11.3. The lowest BCUT2D eigenvalue weighted by Gasteiger charge is -2.32. The summed E-state index contributed by atoms with van der Waals surface area (Å²) in [5, 5.41) is 5.37. The van der Waals surface area contributed by atoms with Gasteiger partial charge in [-0.25, -0.2) is 0 Å². The molecule has 0 bridgehead atoms. The third-order valence-electron chi connectivity index (χ3n) is 2.57. The SMILES string of the molecule is CCC(=O)[C@@]1(C(F)(F)F)N=NC[C@@H]1C(F)(F)F. The first-order chi connectivity index (χ1) is 7.57. The molecule has 0 saturated carbocycles. The normalized spacial score (nSPS) is 29.7. The van der Waals surface area contributed by atoms with Gasteiger partial charge in [0.2, 0.25) is 5.54 Å². The molecule has 3 nitrogen and oxygen atoms in total. The number of rotatable bonds is 2. The Labute approximate surface area is 91.9 Å². The number of hydrogen-bond acceptors (Lipinski definition) is 3. The van der Waals surface area contributed by atoms with Crippen LogP contribution in [0.1, 0.15) is 13.3 Å². The first-order valence-electron chi connectivity index (χ1n) is 4.62. The van der Waals surface area contributed by atoms with E-state index in [-0.39, 0.29) is 0 Å². The average Bonchev–Trinajstić information content (AvgIpc) is 2.59. The summed E-state index contributed by atoms with van der Waals surface area (Å²) in [5.41, 5.74) is -3.76. The smallest absolute Gasteiger partial charge is 0.296 e. The highest BCUT2D eigenvalue weighted by Gasteiger charge is 2.72. The summed E-state index contributed by atoms with van der Waals surface area (Å²) in [6.07, 6.45) is -11.3. The molecule has 1 aliphatic rings. The van der Waals surface area contributed by atoms with Crippen LogP contribution in [0.4, 0.5) is 26.3 Å². The number of carbonyl (C=O) groups is 1. The van der Waals surface area contributed by atoms with E-state index in [9.17, 15) is 31.1 Å². The molecule has 17 heavy (non-hydrogen) atoms. The molecule has 2 atom stereocenters. The molecule has 1 rings (SSSR count). The van der Waals surface area contributed by atoms with Crippen LogP contribution in [0.5, 0.6) is 0 Å². The third-order valence-corrected chi connectivity index (χ3v) is 2.57. The van der Waals surface area contributed by atoms with Crippen LogP contribution in [-0.4, -0.2) is 30.2 Å². The molecule has 0 aromatic carbocycles. The number of alkyl halides is 6. The molecule has 0 fully saturated rings. The van der Waals surface area contributed by atoms with Crippen LogP contribution in [-0.2, 0) is 4.79 Å². The standard InChI is InChI=1S/C8H8F6N2O/c1-2-5(17)6(8(12,13)14)4(3-15-16-6)7(9,10)11/h4H,2-3H2,1H3/t4-,6-/m0/s1. The fourth-order valence-corrected chi connectivity index (χ4v) is 1.71. The summed E-state index contributed by atoms with van der Waals surface area (Å²) in [7, 11) is 0. The van der Waals surface area contributed by atoms with Crippen molar-refractivity contribution in [2.24, 2.45) is 16.1 Å². The van der Waals surface area contributed by atoms with Crippen molar-refractivity contribution in [1.82, 2.24) is 0 Å². The largest absolute Gasteiger partial charge is 0.423 e. The number of ketones is 1. The zero-order chi connectivity index (χ0) is 13.5. The van der Waals surface area contributed by atoms with Crippen LogP contribution >= 0.6 is 0 Å².